The van der Waals surface area contributed by atoms with Gasteiger partial charge >= 0.3 is 0 Å². The molecule has 0 spiro atoms. The highest BCUT2D eigenvalue weighted by Gasteiger charge is 2.36. The second-order valence-corrected chi connectivity index (χ2v) is 7.82. The first-order valence-electron chi connectivity index (χ1n) is 9.90. The number of nitrogens with zero attached hydrogens (tertiary/aromatic N) is 2. The molecule has 0 saturated carbocycles. The number of piperidine rings is 1. The molecule has 142 valence electrons. The Morgan fingerprint density at radius 3 is 2.46 bits per heavy atom. The van der Waals surface area contributed by atoms with E-state index in [9.17, 15) is 9.59 Å². The second kappa shape index (κ2) is 8.67. The van der Waals surface area contributed by atoms with Gasteiger partial charge in [-0.05, 0) is 50.6 Å². The van der Waals surface area contributed by atoms with Gasteiger partial charge in [0.25, 0.3) is 0 Å². The molecule has 1 aromatic carbocycles. The van der Waals surface area contributed by atoms with E-state index in [1.807, 2.05) is 28.0 Å². The third-order valence-electron chi connectivity index (χ3n) is 5.95. The molecule has 0 aromatic heterocycles. The molecule has 2 unspecified atom stereocenters. The van der Waals surface area contributed by atoms with Gasteiger partial charge in [-0.15, -0.1) is 0 Å². The van der Waals surface area contributed by atoms with Crippen molar-refractivity contribution < 1.29 is 9.59 Å². The second-order valence-electron chi connectivity index (χ2n) is 7.82. The Bertz CT molecular complexity index is 611. The molecule has 0 bridgehead atoms. The van der Waals surface area contributed by atoms with E-state index in [1.54, 1.807) is 0 Å². The van der Waals surface area contributed by atoms with Gasteiger partial charge in [-0.25, -0.2) is 0 Å². The lowest BCUT2D eigenvalue weighted by atomic mass is 9.94. The first kappa shape index (κ1) is 18.9. The average molecular weight is 357 g/mol. The van der Waals surface area contributed by atoms with E-state index < -0.39 is 0 Å². The lowest BCUT2D eigenvalue weighted by Crippen LogP contribution is -2.45. The van der Waals surface area contributed by atoms with Crippen molar-refractivity contribution in [3.05, 3.63) is 35.9 Å². The number of benzene rings is 1. The molecule has 2 saturated heterocycles. The monoisotopic (exact) mass is 357 g/mol. The van der Waals surface area contributed by atoms with Gasteiger partial charge in [0.1, 0.15) is 0 Å². The molecule has 1 aromatic rings. The van der Waals surface area contributed by atoms with Gasteiger partial charge in [-0.1, -0.05) is 30.3 Å². The smallest absolute Gasteiger partial charge is 0.226 e. The average Bonchev–Trinajstić information content (AvgIpc) is 3.07. The van der Waals surface area contributed by atoms with E-state index in [-0.39, 0.29) is 17.7 Å². The van der Waals surface area contributed by atoms with Crippen LogP contribution in [0.2, 0.25) is 0 Å². The number of aryl methyl sites for hydroxylation is 1. The zero-order valence-corrected chi connectivity index (χ0v) is 15.8. The van der Waals surface area contributed by atoms with Crippen molar-refractivity contribution in [2.75, 3.05) is 26.2 Å². The van der Waals surface area contributed by atoms with Crippen LogP contribution >= 0.6 is 0 Å². The van der Waals surface area contributed by atoms with E-state index in [4.69, 9.17) is 5.73 Å². The van der Waals surface area contributed by atoms with Crippen LogP contribution in [0, 0.1) is 11.8 Å². The molecule has 2 amide bonds. The molecular weight excluding hydrogens is 326 g/mol. The van der Waals surface area contributed by atoms with Crippen molar-refractivity contribution in [2.45, 2.75) is 45.1 Å². The Hall–Kier alpha value is -1.88. The summed E-state index contributed by atoms with van der Waals surface area (Å²) < 4.78 is 0. The van der Waals surface area contributed by atoms with Crippen LogP contribution < -0.4 is 5.73 Å². The number of hydrogen-bond acceptors (Lipinski definition) is 3. The normalized spacial score (nSPS) is 24.1. The van der Waals surface area contributed by atoms with E-state index in [2.05, 4.69) is 19.1 Å². The summed E-state index contributed by atoms with van der Waals surface area (Å²) in [5.74, 6) is 0.975. The minimum absolute atomic E-state index is 0.0622. The quantitative estimate of drug-likeness (QED) is 0.877. The highest BCUT2D eigenvalue weighted by molar-refractivity contribution is 5.80. The van der Waals surface area contributed by atoms with E-state index >= 15 is 0 Å². The van der Waals surface area contributed by atoms with E-state index in [0.29, 0.717) is 38.0 Å². The largest absolute Gasteiger partial charge is 0.343 e. The molecular formula is C21H31N3O2. The molecule has 2 aliphatic rings. The summed E-state index contributed by atoms with van der Waals surface area (Å²) in [5, 5.41) is 0. The summed E-state index contributed by atoms with van der Waals surface area (Å²) in [6, 6.07) is 10.4. The molecule has 3 rings (SSSR count). The van der Waals surface area contributed by atoms with Crippen molar-refractivity contribution in [2.24, 2.45) is 17.6 Å². The van der Waals surface area contributed by atoms with Crippen molar-refractivity contribution in [3.63, 3.8) is 0 Å². The van der Waals surface area contributed by atoms with Crippen molar-refractivity contribution in [1.82, 2.24) is 9.80 Å². The van der Waals surface area contributed by atoms with Crippen LogP contribution in [0.5, 0.6) is 0 Å². The Kier molecular flexibility index (Phi) is 6.30. The molecule has 2 atom stereocenters. The Balaban J connectivity index is 1.45. The number of amides is 2. The van der Waals surface area contributed by atoms with Crippen LogP contribution in [-0.4, -0.2) is 53.8 Å². The summed E-state index contributed by atoms with van der Waals surface area (Å²) in [6.07, 6.45) is 3.91. The maximum atomic E-state index is 12.8. The SMILES string of the molecule is CC1CC(CN)CN1C(=O)C1CCN(C(=O)CCc2ccccc2)CC1. The molecule has 2 aliphatic heterocycles. The number of hydrogen-bond donors (Lipinski definition) is 1. The summed E-state index contributed by atoms with van der Waals surface area (Å²) in [5.41, 5.74) is 6.97. The van der Waals surface area contributed by atoms with Crippen LogP contribution in [0.25, 0.3) is 0 Å². The molecule has 5 nitrogen and oxygen atoms in total. The van der Waals surface area contributed by atoms with E-state index in [1.165, 1.54) is 5.56 Å². The fourth-order valence-corrected chi connectivity index (χ4v) is 4.28. The van der Waals surface area contributed by atoms with Crippen LogP contribution in [0.15, 0.2) is 30.3 Å². The zero-order valence-electron chi connectivity index (χ0n) is 15.8. The van der Waals surface area contributed by atoms with Gasteiger partial charge in [0.2, 0.25) is 11.8 Å². The van der Waals surface area contributed by atoms with Gasteiger partial charge in [0, 0.05) is 38.0 Å². The van der Waals surface area contributed by atoms with Gasteiger partial charge in [0.15, 0.2) is 0 Å². The summed E-state index contributed by atoms with van der Waals surface area (Å²) >= 11 is 0. The fraction of sp³-hybridized carbons (Fsp3) is 0.619. The summed E-state index contributed by atoms with van der Waals surface area (Å²) in [4.78, 5) is 29.3. The van der Waals surface area contributed by atoms with Crippen LogP contribution in [0.3, 0.4) is 0 Å². The predicted molar refractivity (Wildman–Crippen MR) is 102 cm³/mol. The first-order valence-corrected chi connectivity index (χ1v) is 9.90. The Labute approximate surface area is 156 Å². The number of rotatable bonds is 5. The minimum atomic E-state index is 0.0622. The Morgan fingerprint density at radius 1 is 1.15 bits per heavy atom. The first-order chi connectivity index (χ1) is 12.6. The minimum Gasteiger partial charge on any atom is -0.343 e. The molecule has 0 aliphatic carbocycles. The third kappa shape index (κ3) is 4.44. The van der Waals surface area contributed by atoms with Crippen LogP contribution in [0.4, 0.5) is 0 Å². The molecule has 26 heavy (non-hydrogen) atoms. The maximum absolute atomic E-state index is 12.8. The molecule has 2 N–H and O–H groups in total. The summed E-state index contributed by atoms with van der Waals surface area (Å²) in [7, 11) is 0. The number of nitrogens with two attached hydrogens (primary N) is 1. The fourth-order valence-electron chi connectivity index (χ4n) is 4.28. The highest BCUT2D eigenvalue weighted by atomic mass is 16.2. The highest BCUT2D eigenvalue weighted by Crippen LogP contribution is 2.27. The third-order valence-corrected chi connectivity index (χ3v) is 5.95. The lowest BCUT2D eigenvalue weighted by molar-refractivity contribution is -0.141. The van der Waals surface area contributed by atoms with Crippen molar-refractivity contribution in [3.8, 4) is 0 Å². The number of carbonyl (C=O) groups excluding carboxylic acids is 2. The zero-order chi connectivity index (χ0) is 18.5. The summed E-state index contributed by atoms with van der Waals surface area (Å²) in [6.45, 7) is 4.98. The van der Waals surface area contributed by atoms with Gasteiger partial charge in [0.05, 0.1) is 0 Å². The molecule has 2 heterocycles. The van der Waals surface area contributed by atoms with Gasteiger partial charge in [-0.2, -0.15) is 0 Å². The van der Waals surface area contributed by atoms with Gasteiger partial charge < -0.3 is 15.5 Å². The van der Waals surface area contributed by atoms with Gasteiger partial charge in [-0.3, -0.25) is 9.59 Å². The number of likely N-dealkylation sites (tertiary alicyclic amines) is 2. The van der Waals surface area contributed by atoms with E-state index in [0.717, 1.165) is 32.2 Å². The Morgan fingerprint density at radius 2 is 1.85 bits per heavy atom. The van der Waals surface area contributed by atoms with Crippen molar-refractivity contribution >= 4 is 11.8 Å². The van der Waals surface area contributed by atoms with Crippen LogP contribution in [-0.2, 0) is 16.0 Å². The predicted octanol–water partition coefficient (Wildman–Crippen LogP) is 2.05. The lowest BCUT2D eigenvalue weighted by Gasteiger charge is -2.34. The topological polar surface area (TPSA) is 66.6 Å². The number of carbonyl (C=O) groups is 2. The van der Waals surface area contributed by atoms with Crippen LogP contribution in [0.1, 0.15) is 38.2 Å². The molecule has 0 radical (unpaired) electrons. The molecule has 2 fully saturated rings. The standard InChI is InChI=1S/C21H31N3O2/c1-16-13-18(14-22)15-24(16)21(26)19-9-11-23(12-10-19)20(25)8-7-17-5-3-2-4-6-17/h2-6,16,18-19H,7-15,22H2,1H3. The van der Waals surface area contributed by atoms with Crippen molar-refractivity contribution in [1.29, 1.82) is 0 Å². The maximum Gasteiger partial charge on any atom is 0.226 e. The molecule has 5 heteroatoms.